The Kier molecular flexibility index (Phi) is 8.36. The van der Waals surface area contributed by atoms with E-state index in [2.05, 4.69) is 234 Å². The van der Waals surface area contributed by atoms with Crippen LogP contribution in [0.2, 0.25) is 0 Å². The maximum Gasteiger partial charge on any atom is 0.238 e. The third-order valence-corrected chi connectivity index (χ3v) is 15.1. The van der Waals surface area contributed by atoms with Crippen molar-refractivity contribution in [1.29, 1.82) is 0 Å². The Hall–Kier alpha value is -9.91. The molecule has 4 aromatic heterocycles. The van der Waals surface area contributed by atoms with Crippen molar-refractivity contribution in [2.24, 2.45) is 0 Å². The number of furan rings is 1. The van der Waals surface area contributed by atoms with Crippen molar-refractivity contribution in [3.05, 3.63) is 237 Å². The van der Waals surface area contributed by atoms with Crippen molar-refractivity contribution < 1.29 is 4.42 Å². The summed E-state index contributed by atoms with van der Waals surface area (Å²) in [6.45, 7) is 0. The van der Waals surface area contributed by atoms with E-state index in [0.717, 1.165) is 115 Å². The zero-order valence-corrected chi connectivity index (χ0v) is 39.2. The molecule has 0 radical (unpaired) electrons. The van der Waals surface area contributed by atoms with Gasteiger partial charge in [0.2, 0.25) is 5.95 Å². The second-order valence-electron chi connectivity index (χ2n) is 19.1. The van der Waals surface area contributed by atoms with Gasteiger partial charge in [0, 0.05) is 49.1 Å². The number of nitrogens with zero attached hydrogens (tertiary/aromatic N) is 5. The van der Waals surface area contributed by atoms with Gasteiger partial charge in [-0.2, -0.15) is 9.97 Å². The topological polar surface area (TPSA) is 61.7 Å². The van der Waals surface area contributed by atoms with Crippen molar-refractivity contribution in [3.8, 4) is 45.5 Å². The van der Waals surface area contributed by atoms with Gasteiger partial charge >= 0.3 is 0 Å². The van der Waals surface area contributed by atoms with Crippen LogP contribution >= 0.6 is 0 Å². The SMILES string of the molecule is c1ccc2c(c1)cc(-c1nc(-c3cc4ccccc4c4ccccc34)nc(-n3c4ccccc4c4cc(-c5ccc6c(c5)c5ccccc5n6-c5ccc6oc7ccccc7c6c5)ccc43)n1)c1ccccc12. The predicted octanol–water partition coefficient (Wildman–Crippen LogP) is 17.6. The first-order valence-electron chi connectivity index (χ1n) is 24.8. The van der Waals surface area contributed by atoms with Gasteiger partial charge in [-0.15, -0.1) is 0 Å². The molecule has 0 atom stereocenters. The van der Waals surface area contributed by atoms with Crippen molar-refractivity contribution in [2.75, 3.05) is 0 Å². The van der Waals surface area contributed by atoms with Gasteiger partial charge in [0.1, 0.15) is 11.2 Å². The quantitative estimate of drug-likeness (QED) is 0.161. The normalized spacial score (nSPS) is 12.1. The molecular weight excluding hydrogens is 891 g/mol. The van der Waals surface area contributed by atoms with Gasteiger partial charge in [-0.05, 0) is 127 Å². The maximum atomic E-state index is 6.23. The smallest absolute Gasteiger partial charge is 0.238 e. The number of hydrogen-bond acceptors (Lipinski definition) is 4. The van der Waals surface area contributed by atoms with Crippen molar-refractivity contribution >= 4 is 109 Å². The second-order valence-corrected chi connectivity index (χ2v) is 19.1. The van der Waals surface area contributed by atoms with Crippen LogP contribution in [0.3, 0.4) is 0 Å². The first kappa shape index (κ1) is 39.9. The lowest BCUT2D eigenvalue weighted by Gasteiger charge is -2.15. The Morgan fingerprint density at radius 2 is 0.712 bits per heavy atom. The lowest BCUT2D eigenvalue weighted by molar-refractivity contribution is 0.669. The second kappa shape index (κ2) is 15.3. The third kappa shape index (κ3) is 5.95. The molecular formula is C67H39N5O. The van der Waals surface area contributed by atoms with Crippen LogP contribution in [-0.4, -0.2) is 24.1 Å². The van der Waals surface area contributed by atoms with Crippen LogP contribution in [-0.2, 0) is 0 Å². The fraction of sp³-hybridized carbons (Fsp3) is 0. The minimum atomic E-state index is 0.560. The van der Waals surface area contributed by atoms with Crippen molar-refractivity contribution in [2.45, 2.75) is 0 Å². The van der Waals surface area contributed by atoms with Crippen molar-refractivity contribution in [1.82, 2.24) is 24.1 Å². The first-order chi connectivity index (χ1) is 36.2. The molecule has 6 nitrogen and oxygen atoms in total. The molecule has 0 fully saturated rings. The molecule has 6 heteroatoms. The molecule has 338 valence electrons. The molecule has 0 saturated heterocycles. The highest BCUT2D eigenvalue weighted by Gasteiger charge is 2.22. The van der Waals surface area contributed by atoms with Crippen LogP contribution in [0.15, 0.2) is 241 Å². The number of para-hydroxylation sites is 3. The number of hydrogen-bond donors (Lipinski definition) is 0. The summed E-state index contributed by atoms with van der Waals surface area (Å²) in [5.41, 5.74) is 11.4. The molecule has 0 aliphatic carbocycles. The van der Waals surface area contributed by atoms with Gasteiger partial charge in [-0.3, -0.25) is 4.57 Å². The van der Waals surface area contributed by atoms with E-state index in [1.165, 1.54) is 21.5 Å². The van der Waals surface area contributed by atoms with Gasteiger partial charge in [0.05, 0.1) is 22.1 Å². The molecule has 12 aromatic carbocycles. The summed E-state index contributed by atoms with van der Waals surface area (Å²) >= 11 is 0. The van der Waals surface area contributed by atoms with E-state index in [1.807, 2.05) is 12.1 Å². The van der Waals surface area contributed by atoms with E-state index >= 15 is 0 Å². The van der Waals surface area contributed by atoms with Crippen molar-refractivity contribution in [3.63, 3.8) is 0 Å². The average Bonchev–Trinajstić information content (AvgIpc) is 4.11. The third-order valence-electron chi connectivity index (χ3n) is 15.1. The largest absolute Gasteiger partial charge is 0.456 e. The average molecular weight is 930 g/mol. The molecule has 73 heavy (non-hydrogen) atoms. The van der Waals surface area contributed by atoms with Gasteiger partial charge < -0.3 is 8.98 Å². The Labute approximate surface area is 417 Å². The molecule has 0 spiro atoms. The molecule has 0 N–H and O–H groups in total. The molecule has 0 saturated carbocycles. The van der Waals surface area contributed by atoms with E-state index in [9.17, 15) is 0 Å². The summed E-state index contributed by atoms with van der Waals surface area (Å²) in [7, 11) is 0. The summed E-state index contributed by atoms with van der Waals surface area (Å²) in [6.07, 6.45) is 0. The molecule has 16 rings (SSSR count). The van der Waals surface area contributed by atoms with Gasteiger partial charge in [-0.25, -0.2) is 4.98 Å². The van der Waals surface area contributed by atoms with E-state index in [1.54, 1.807) is 0 Å². The zero-order valence-electron chi connectivity index (χ0n) is 39.2. The Morgan fingerprint density at radius 1 is 0.274 bits per heavy atom. The number of benzene rings is 12. The van der Waals surface area contributed by atoms with Gasteiger partial charge in [-0.1, -0.05) is 164 Å². The summed E-state index contributed by atoms with van der Waals surface area (Å²) in [5.74, 6) is 1.80. The maximum absolute atomic E-state index is 6.23. The Balaban J connectivity index is 0.905. The standard InChI is InChI=1S/C67H39N5O/c1-3-17-45-42(15-1)37-57(49-21-7-5-19-47(45)49)65-68-66(58-38-43-16-2-4-18-46(43)48-20-6-8-22-50(48)58)70-67(69-65)72-60-27-13-10-24-52(60)55-36-41(30-33-62(55)72)40-29-32-61-54(35-40)51-23-9-12-26-59(51)71(61)44-31-34-64-56(39-44)53-25-11-14-28-63(53)73-64/h1-39H. The van der Waals surface area contributed by atoms with E-state index in [-0.39, 0.29) is 0 Å². The van der Waals surface area contributed by atoms with E-state index in [0.29, 0.717) is 17.6 Å². The van der Waals surface area contributed by atoms with Crippen LogP contribution in [0.4, 0.5) is 0 Å². The molecule has 0 unspecified atom stereocenters. The molecule has 0 aliphatic rings. The molecule has 0 aliphatic heterocycles. The first-order valence-corrected chi connectivity index (χ1v) is 24.8. The van der Waals surface area contributed by atoms with Crippen LogP contribution < -0.4 is 0 Å². The molecule has 16 aromatic rings. The Morgan fingerprint density at radius 3 is 1.30 bits per heavy atom. The van der Waals surface area contributed by atoms with E-state index in [4.69, 9.17) is 19.4 Å². The molecule has 4 heterocycles. The fourth-order valence-corrected chi connectivity index (χ4v) is 11.8. The summed E-state index contributed by atoms with van der Waals surface area (Å²) in [5, 5.41) is 16.0. The lowest BCUT2D eigenvalue weighted by atomic mass is 9.96. The number of fused-ring (bicyclic) bond motifs is 15. The molecule has 0 amide bonds. The highest BCUT2D eigenvalue weighted by Crippen LogP contribution is 2.42. The van der Waals surface area contributed by atoms with Crippen LogP contribution in [0.5, 0.6) is 0 Å². The highest BCUT2D eigenvalue weighted by molar-refractivity contribution is 6.16. The van der Waals surface area contributed by atoms with Crippen LogP contribution in [0.25, 0.3) is 154 Å². The van der Waals surface area contributed by atoms with Crippen LogP contribution in [0, 0.1) is 0 Å². The predicted molar refractivity (Wildman–Crippen MR) is 302 cm³/mol. The minimum absolute atomic E-state index is 0.560. The van der Waals surface area contributed by atoms with E-state index < -0.39 is 0 Å². The van der Waals surface area contributed by atoms with Gasteiger partial charge in [0.15, 0.2) is 11.6 Å². The summed E-state index contributed by atoms with van der Waals surface area (Å²) in [4.78, 5) is 16.5. The van der Waals surface area contributed by atoms with Gasteiger partial charge in [0.25, 0.3) is 0 Å². The van der Waals surface area contributed by atoms with Crippen LogP contribution in [0.1, 0.15) is 0 Å². The minimum Gasteiger partial charge on any atom is -0.456 e. The zero-order chi connectivity index (χ0) is 47.7. The monoisotopic (exact) mass is 929 g/mol. The summed E-state index contributed by atoms with van der Waals surface area (Å²) in [6, 6.07) is 84.6. The number of rotatable bonds is 5. The number of aromatic nitrogens is 5. The summed E-state index contributed by atoms with van der Waals surface area (Å²) < 4.78 is 10.8. The molecule has 0 bridgehead atoms. The highest BCUT2D eigenvalue weighted by atomic mass is 16.3. The fourth-order valence-electron chi connectivity index (χ4n) is 11.8. The Bertz CT molecular complexity index is 4860. The lowest BCUT2D eigenvalue weighted by Crippen LogP contribution is -2.07.